The summed E-state index contributed by atoms with van der Waals surface area (Å²) in [7, 11) is 0. The van der Waals surface area contributed by atoms with Crippen LogP contribution in [0.25, 0.3) is 0 Å². The number of carbonyl (C=O) groups excluding carboxylic acids is 3. The van der Waals surface area contributed by atoms with Gasteiger partial charge in [0.15, 0.2) is 5.96 Å². The van der Waals surface area contributed by atoms with E-state index in [9.17, 15) is 24.3 Å². The van der Waals surface area contributed by atoms with Crippen LogP contribution in [0.15, 0.2) is 17.5 Å². The van der Waals surface area contributed by atoms with Gasteiger partial charge in [-0.1, -0.05) is 0 Å². The van der Waals surface area contributed by atoms with Crippen molar-refractivity contribution in [1.29, 1.82) is 0 Å². The number of carbonyl (C=O) groups is 4. The fourth-order valence-electron chi connectivity index (χ4n) is 2.98. The summed E-state index contributed by atoms with van der Waals surface area (Å²) in [5, 5.41) is 16.8. The molecule has 0 saturated carbocycles. The Morgan fingerprint density at radius 3 is 2.31 bits per heavy atom. The lowest BCUT2D eigenvalue weighted by atomic mass is 10.1. The van der Waals surface area contributed by atoms with Crippen LogP contribution in [0.5, 0.6) is 0 Å². The van der Waals surface area contributed by atoms with Gasteiger partial charge in [0.2, 0.25) is 17.7 Å². The van der Waals surface area contributed by atoms with Gasteiger partial charge in [-0.2, -0.15) is 24.4 Å². The minimum Gasteiger partial charge on any atom is -0.480 e. The van der Waals surface area contributed by atoms with Gasteiger partial charge >= 0.3 is 5.97 Å². The van der Waals surface area contributed by atoms with Crippen LogP contribution in [0.3, 0.4) is 0 Å². The molecule has 0 aromatic carbocycles. The molecule has 0 aliphatic carbocycles. The lowest BCUT2D eigenvalue weighted by molar-refractivity contribution is -0.141. The number of rotatable bonds is 17. The van der Waals surface area contributed by atoms with Gasteiger partial charge in [0.1, 0.15) is 18.1 Å². The SMILES string of the molecule is CSCCC(N)C(=O)NC(Cc1cnc[nH]1)C(=O)NC(CCCN=C(N)N)C(=O)NC(CS)C(=O)O. The van der Waals surface area contributed by atoms with Gasteiger partial charge in [-0.05, 0) is 31.3 Å². The highest BCUT2D eigenvalue weighted by Gasteiger charge is 2.30. The zero-order valence-corrected chi connectivity index (χ0v) is 21.7. The van der Waals surface area contributed by atoms with Crippen molar-refractivity contribution in [1.82, 2.24) is 25.9 Å². The zero-order valence-electron chi connectivity index (χ0n) is 20.0. The molecule has 202 valence electrons. The number of hydrogen-bond acceptors (Lipinski definition) is 9. The predicted molar refractivity (Wildman–Crippen MR) is 140 cm³/mol. The number of aliphatic carboxylic acids is 1. The number of guanidine groups is 1. The summed E-state index contributed by atoms with van der Waals surface area (Å²) >= 11 is 5.48. The monoisotopic (exact) mass is 545 g/mol. The van der Waals surface area contributed by atoms with Gasteiger partial charge in [-0.25, -0.2) is 9.78 Å². The maximum absolute atomic E-state index is 13.2. The van der Waals surface area contributed by atoms with Crippen molar-refractivity contribution in [3.8, 4) is 0 Å². The molecule has 11 N–H and O–H groups in total. The quantitative estimate of drug-likeness (QED) is 0.0433. The fraction of sp³-hybridized carbons (Fsp3) is 0.600. The van der Waals surface area contributed by atoms with Crippen LogP contribution in [0, 0.1) is 0 Å². The van der Waals surface area contributed by atoms with Crippen molar-refractivity contribution in [3.63, 3.8) is 0 Å². The van der Waals surface area contributed by atoms with Crippen LogP contribution in [0.2, 0.25) is 0 Å². The van der Waals surface area contributed by atoms with E-state index >= 15 is 0 Å². The summed E-state index contributed by atoms with van der Waals surface area (Å²) in [6.07, 6.45) is 5.71. The minimum absolute atomic E-state index is 0.0591. The Bertz CT molecular complexity index is 881. The summed E-state index contributed by atoms with van der Waals surface area (Å²) in [5.74, 6) is -2.78. The number of aliphatic imine (C=N–C) groups is 1. The Kier molecular flexibility index (Phi) is 14.4. The van der Waals surface area contributed by atoms with Gasteiger partial charge in [-0.3, -0.25) is 19.4 Å². The van der Waals surface area contributed by atoms with Crippen LogP contribution in [0.4, 0.5) is 0 Å². The standard InChI is InChI=1S/C20H35N9O5S2/c1-36-6-4-12(21)16(30)28-14(7-11-8-24-10-26-11)18(32)27-13(3-2-5-25-20(22)23)17(31)29-15(9-35)19(33)34/h8,10,12-15,35H,2-7,9,21H2,1H3,(H,24,26)(H,27,32)(H,28,30)(H,29,31)(H,33,34)(H4,22,23,25). The van der Waals surface area contributed by atoms with Gasteiger partial charge in [0.05, 0.1) is 12.4 Å². The van der Waals surface area contributed by atoms with E-state index in [0.717, 1.165) is 0 Å². The van der Waals surface area contributed by atoms with E-state index in [4.69, 9.17) is 17.2 Å². The van der Waals surface area contributed by atoms with Gasteiger partial charge in [0, 0.05) is 30.6 Å². The molecular weight excluding hydrogens is 510 g/mol. The number of aromatic nitrogens is 2. The Morgan fingerprint density at radius 2 is 1.75 bits per heavy atom. The maximum Gasteiger partial charge on any atom is 0.327 e. The van der Waals surface area contributed by atoms with E-state index in [1.165, 1.54) is 24.3 Å². The van der Waals surface area contributed by atoms with Gasteiger partial charge < -0.3 is 43.2 Å². The lowest BCUT2D eigenvalue weighted by Gasteiger charge is -2.25. The van der Waals surface area contributed by atoms with E-state index in [1.54, 1.807) is 0 Å². The molecule has 14 nitrogen and oxygen atoms in total. The summed E-state index contributed by atoms with van der Waals surface area (Å²) in [6, 6.07) is -4.28. The number of nitrogens with two attached hydrogens (primary N) is 3. The van der Waals surface area contributed by atoms with E-state index in [1.807, 2.05) is 6.26 Å². The van der Waals surface area contributed by atoms with Gasteiger partial charge in [0.25, 0.3) is 0 Å². The molecule has 1 aromatic rings. The first-order chi connectivity index (χ1) is 17.1. The van der Waals surface area contributed by atoms with Crippen LogP contribution >= 0.6 is 24.4 Å². The number of hydrogen-bond donors (Lipinski definition) is 9. The number of thiol groups is 1. The number of H-pyrrole nitrogens is 1. The molecule has 36 heavy (non-hydrogen) atoms. The Morgan fingerprint density at radius 1 is 1.11 bits per heavy atom. The third-order valence-corrected chi connectivity index (χ3v) is 5.97. The smallest absolute Gasteiger partial charge is 0.327 e. The first kappa shape index (κ1) is 31.1. The third kappa shape index (κ3) is 11.6. The molecule has 0 spiro atoms. The summed E-state index contributed by atoms with van der Waals surface area (Å²) < 4.78 is 0. The lowest BCUT2D eigenvalue weighted by Crippen LogP contribution is -2.57. The van der Waals surface area contributed by atoms with Crippen LogP contribution in [0.1, 0.15) is 25.0 Å². The normalized spacial score (nSPS) is 14.1. The van der Waals surface area contributed by atoms with Crippen molar-refractivity contribution < 1.29 is 24.3 Å². The average molecular weight is 546 g/mol. The molecule has 4 atom stereocenters. The number of amides is 3. The molecule has 4 unspecified atom stereocenters. The third-order valence-electron chi connectivity index (χ3n) is 4.96. The van der Waals surface area contributed by atoms with E-state index in [0.29, 0.717) is 24.3 Å². The highest BCUT2D eigenvalue weighted by Crippen LogP contribution is 2.06. The molecule has 1 heterocycles. The number of carboxylic acids is 1. The number of aromatic amines is 1. The van der Waals surface area contributed by atoms with Crippen molar-refractivity contribution in [2.24, 2.45) is 22.2 Å². The summed E-state index contributed by atoms with van der Waals surface area (Å²) in [6.45, 7) is 0.190. The first-order valence-electron chi connectivity index (χ1n) is 11.1. The second-order valence-electron chi connectivity index (χ2n) is 7.82. The molecule has 0 bridgehead atoms. The Labute approximate surface area is 218 Å². The van der Waals surface area contributed by atoms with Gasteiger partial charge in [-0.15, -0.1) is 0 Å². The highest BCUT2D eigenvalue weighted by atomic mass is 32.2. The molecule has 1 aromatic heterocycles. The molecule has 0 saturated heterocycles. The minimum atomic E-state index is -1.27. The Balaban J connectivity index is 3.03. The van der Waals surface area contributed by atoms with Crippen LogP contribution < -0.4 is 33.2 Å². The molecule has 0 radical (unpaired) electrons. The number of thioether (sulfide) groups is 1. The second-order valence-corrected chi connectivity index (χ2v) is 9.17. The van der Waals surface area contributed by atoms with E-state index in [-0.39, 0.29) is 31.1 Å². The Hall–Kier alpha value is -2.98. The number of nitrogens with zero attached hydrogens (tertiary/aromatic N) is 2. The first-order valence-corrected chi connectivity index (χ1v) is 13.1. The summed E-state index contributed by atoms with van der Waals surface area (Å²) in [5.41, 5.74) is 17.1. The molecule has 3 amide bonds. The largest absolute Gasteiger partial charge is 0.480 e. The van der Waals surface area contributed by atoms with Crippen molar-refractivity contribution in [2.75, 3.05) is 24.3 Å². The maximum atomic E-state index is 13.2. The van der Waals surface area contributed by atoms with Crippen LogP contribution in [-0.2, 0) is 25.6 Å². The van der Waals surface area contributed by atoms with Crippen molar-refractivity contribution >= 4 is 54.0 Å². The average Bonchev–Trinajstić information content (AvgIpc) is 3.34. The van der Waals surface area contributed by atoms with Crippen molar-refractivity contribution in [2.45, 2.75) is 49.9 Å². The molecular formula is C20H35N9O5S2. The predicted octanol–water partition coefficient (Wildman–Crippen LogP) is -2.44. The number of nitrogens with one attached hydrogen (secondary N) is 4. The molecule has 16 heteroatoms. The van der Waals surface area contributed by atoms with Crippen molar-refractivity contribution in [3.05, 3.63) is 18.2 Å². The molecule has 1 rings (SSSR count). The second kappa shape index (κ2) is 16.6. The fourth-order valence-corrected chi connectivity index (χ4v) is 3.72. The van der Waals surface area contributed by atoms with Crippen LogP contribution in [-0.4, -0.2) is 93.2 Å². The summed E-state index contributed by atoms with van der Waals surface area (Å²) in [4.78, 5) is 60.6. The van der Waals surface area contributed by atoms with E-state index in [2.05, 4.69) is 43.5 Å². The zero-order chi connectivity index (χ0) is 27.1. The highest BCUT2D eigenvalue weighted by molar-refractivity contribution is 7.98. The molecule has 0 fully saturated rings. The molecule has 0 aliphatic rings. The molecule has 0 aliphatic heterocycles. The number of imidazole rings is 1. The number of carboxylic acid groups (broad SMARTS) is 1. The van der Waals surface area contributed by atoms with E-state index < -0.39 is 47.9 Å². The topological polar surface area (TPSA) is 244 Å².